The minimum absolute atomic E-state index is 0.391. The van der Waals surface area contributed by atoms with Gasteiger partial charge in [-0.05, 0) is 49.8 Å². The molecule has 1 aromatic carbocycles. The maximum absolute atomic E-state index is 5.90. The van der Waals surface area contributed by atoms with Crippen LogP contribution in [0.1, 0.15) is 31.2 Å². The van der Waals surface area contributed by atoms with Gasteiger partial charge in [0.25, 0.3) is 0 Å². The van der Waals surface area contributed by atoms with Crippen molar-refractivity contribution in [2.45, 2.75) is 31.7 Å². The maximum Gasteiger partial charge on any atom is 0.120 e. The summed E-state index contributed by atoms with van der Waals surface area (Å²) in [7, 11) is 0. The minimum atomic E-state index is 0.391. The smallest absolute Gasteiger partial charge is 0.120 e. The van der Waals surface area contributed by atoms with Gasteiger partial charge in [0.05, 0.1) is 6.54 Å². The zero-order valence-electron chi connectivity index (χ0n) is 12.6. The molecular formula is C18H24N2O. The van der Waals surface area contributed by atoms with Gasteiger partial charge in [0, 0.05) is 24.7 Å². The van der Waals surface area contributed by atoms with Crippen molar-refractivity contribution in [3.63, 3.8) is 0 Å². The van der Waals surface area contributed by atoms with Gasteiger partial charge < -0.3 is 10.5 Å². The van der Waals surface area contributed by atoms with Crippen LogP contribution in [0.15, 0.2) is 24.3 Å². The molecule has 1 aromatic rings. The maximum atomic E-state index is 5.90. The van der Waals surface area contributed by atoms with Crippen LogP contribution in [0.3, 0.4) is 0 Å². The summed E-state index contributed by atoms with van der Waals surface area (Å²) < 4.78 is 5.90. The monoisotopic (exact) mass is 284 g/mol. The third-order valence-electron chi connectivity index (χ3n) is 4.07. The first-order chi connectivity index (χ1) is 10.3. The fourth-order valence-corrected chi connectivity index (χ4v) is 2.59. The Morgan fingerprint density at radius 3 is 2.81 bits per heavy atom. The lowest BCUT2D eigenvalue weighted by Gasteiger charge is -2.21. The molecule has 3 rings (SSSR count). The summed E-state index contributed by atoms with van der Waals surface area (Å²) >= 11 is 0. The SMILES string of the molecule is NCC#Cc1cccc(OCCN(CC2CC2)C2CC2)c1. The quantitative estimate of drug-likeness (QED) is 0.781. The van der Waals surface area contributed by atoms with Crippen molar-refractivity contribution in [1.29, 1.82) is 0 Å². The van der Waals surface area contributed by atoms with E-state index in [2.05, 4.69) is 16.7 Å². The van der Waals surface area contributed by atoms with Gasteiger partial charge in [-0.15, -0.1) is 0 Å². The van der Waals surface area contributed by atoms with Gasteiger partial charge in [0.15, 0.2) is 0 Å². The Bertz CT molecular complexity index is 524. The fraction of sp³-hybridized carbons (Fsp3) is 0.556. The molecule has 3 nitrogen and oxygen atoms in total. The van der Waals surface area contributed by atoms with Crippen molar-refractivity contribution in [2.75, 3.05) is 26.2 Å². The van der Waals surface area contributed by atoms with Gasteiger partial charge in [0.1, 0.15) is 12.4 Å². The van der Waals surface area contributed by atoms with E-state index in [-0.39, 0.29) is 0 Å². The number of hydrogen-bond donors (Lipinski definition) is 1. The summed E-state index contributed by atoms with van der Waals surface area (Å²) in [4.78, 5) is 2.62. The van der Waals surface area contributed by atoms with Crippen LogP contribution in [0.5, 0.6) is 5.75 Å². The lowest BCUT2D eigenvalue weighted by Crippen LogP contribution is -2.32. The zero-order valence-corrected chi connectivity index (χ0v) is 12.6. The highest BCUT2D eigenvalue weighted by Crippen LogP contribution is 2.34. The van der Waals surface area contributed by atoms with Crippen molar-refractivity contribution < 1.29 is 4.74 Å². The summed E-state index contributed by atoms with van der Waals surface area (Å²) in [5, 5.41) is 0. The standard InChI is InChI=1S/C18H24N2O/c19-10-2-4-15-3-1-5-18(13-15)21-12-11-20(17-8-9-17)14-16-6-7-16/h1,3,5,13,16-17H,6-12,14,19H2. The predicted octanol–water partition coefficient (Wildman–Crippen LogP) is 2.25. The second-order valence-corrected chi connectivity index (χ2v) is 6.05. The highest BCUT2D eigenvalue weighted by Gasteiger charge is 2.33. The van der Waals surface area contributed by atoms with Crippen LogP contribution in [-0.4, -0.2) is 37.2 Å². The Kier molecular flexibility index (Phi) is 4.80. The van der Waals surface area contributed by atoms with Crippen molar-refractivity contribution in [2.24, 2.45) is 11.7 Å². The number of nitrogens with zero attached hydrogens (tertiary/aromatic N) is 1. The van der Waals surface area contributed by atoms with Crippen molar-refractivity contribution in [3.05, 3.63) is 29.8 Å². The van der Waals surface area contributed by atoms with Gasteiger partial charge in [0.2, 0.25) is 0 Å². The van der Waals surface area contributed by atoms with E-state index in [0.29, 0.717) is 6.54 Å². The summed E-state index contributed by atoms with van der Waals surface area (Å²) in [6.45, 7) is 3.47. The van der Waals surface area contributed by atoms with Crippen molar-refractivity contribution in [3.8, 4) is 17.6 Å². The summed E-state index contributed by atoms with van der Waals surface area (Å²) in [6.07, 6.45) is 5.59. The molecule has 0 unspecified atom stereocenters. The van der Waals surface area contributed by atoms with Crippen LogP contribution < -0.4 is 10.5 Å². The van der Waals surface area contributed by atoms with Crippen molar-refractivity contribution in [1.82, 2.24) is 4.90 Å². The Labute approximate surface area is 127 Å². The van der Waals surface area contributed by atoms with E-state index in [4.69, 9.17) is 10.5 Å². The van der Waals surface area contributed by atoms with E-state index in [1.54, 1.807) is 0 Å². The molecule has 0 aromatic heterocycles. The van der Waals surface area contributed by atoms with Crippen LogP contribution in [0.2, 0.25) is 0 Å². The number of benzene rings is 1. The molecule has 0 saturated heterocycles. The first-order valence-corrected chi connectivity index (χ1v) is 8.01. The van der Waals surface area contributed by atoms with Crippen molar-refractivity contribution >= 4 is 0 Å². The van der Waals surface area contributed by atoms with Crippen LogP contribution in [0.4, 0.5) is 0 Å². The molecule has 3 heteroatoms. The first kappa shape index (κ1) is 14.4. The molecule has 112 valence electrons. The van der Waals surface area contributed by atoms with Gasteiger partial charge >= 0.3 is 0 Å². The molecule has 2 aliphatic rings. The Hall–Kier alpha value is -1.50. The molecule has 0 radical (unpaired) electrons. The summed E-state index contributed by atoms with van der Waals surface area (Å²) in [5.41, 5.74) is 6.36. The minimum Gasteiger partial charge on any atom is -0.492 e. The highest BCUT2D eigenvalue weighted by atomic mass is 16.5. The Morgan fingerprint density at radius 1 is 1.24 bits per heavy atom. The molecule has 2 aliphatic carbocycles. The third kappa shape index (κ3) is 4.77. The molecule has 0 bridgehead atoms. The van der Waals surface area contributed by atoms with E-state index < -0.39 is 0 Å². The predicted molar refractivity (Wildman–Crippen MR) is 85.2 cm³/mol. The average Bonchev–Trinajstić information content (AvgIpc) is 3.37. The number of rotatable bonds is 7. The summed E-state index contributed by atoms with van der Waals surface area (Å²) in [6, 6.07) is 8.79. The molecule has 0 spiro atoms. The van der Waals surface area contributed by atoms with Crippen LogP contribution in [0, 0.1) is 17.8 Å². The molecule has 21 heavy (non-hydrogen) atoms. The Morgan fingerprint density at radius 2 is 2.10 bits per heavy atom. The summed E-state index contributed by atoms with van der Waals surface area (Å²) in [5.74, 6) is 7.78. The van der Waals surface area contributed by atoms with E-state index in [1.807, 2.05) is 24.3 Å². The number of ether oxygens (including phenoxy) is 1. The molecule has 0 amide bonds. The second-order valence-electron chi connectivity index (χ2n) is 6.05. The largest absolute Gasteiger partial charge is 0.492 e. The third-order valence-corrected chi connectivity index (χ3v) is 4.07. The first-order valence-electron chi connectivity index (χ1n) is 8.01. The van der Waals surface area contributed by atoms with E-state index in [9.17, 15) is 0 Å². The lowest BCUT2D eigenvalue weighted by atomic mass is 10.2. The molecule has 0 atom stereocenters. The van der Waals surface area contributed by atoms with E-state index >= 15 is 0 Å². The van der Waals surface area contributed by atoms with Crippen LogP contribution in [-0.2, 0) is 0 Å². The highest BCUT2D eigenvalue weighted by molar-refractivity contribution is 5.39. The lowest BCUT2D eigenvalue weighted by molar-refractivity contribution is 0.195. The van der Waals surface area contributed by atoms with Gasteiger partial charge in [-0.1, -0.05) is 17.9 Å². The fourth-order valence-electron chi connectivity index (χ4n) is 2.59. The van der Waals surface area contributed by atoms with E-state index in [0.717, 1.165) is 36.4 Å². The van der Waals surface area contributed by atoms with Crippen LogP contribution >= 0.6 is 0 Å². The molecule has 2 N–H and O–H groups in total. The van der Waals surface area contributed by atoms with Crippen LogP contribution in [0.25, 0.3) is 0 Å². The molecule has 2 fully saturated rings. The molecule has 2 saturated carbocycles. The second kappa shape index (κ2) is 6.98. The molecule has 0 heterocycles. The zero-order chi connectivity index (χ0) is 14.5. The van der Waals surface area contributed by atoms with Gasteiger partial charge in [-0.3, -0.25) is 4.90 Å². The molecule has 0 aliphatic heterocycles. The topological polar surface area (TPSA) is 38.5 Å². The normalized spacial score (nSPS) is 17.4. The Balaban J connectivity index is 1.47. The number of hydrogen-bond acceptors (Lipinski definition) is 3. The van der Waals surface area contributed by atoms with E-state index in [1.165, 1.54) is 32.2 Å². The number of nitrogens with two attached hydrogens (primary N) is 1. The van der Waals surface area contributed by atoms with Gasteiger partial charge in [-0.2, -0.15) is 0 Å². The van der Waals surface area contributed by atoms with Gasteiger partial charge in [-0.25, -0.2) is 0 Å². The molecular weight excluding hydrogens is 260 g/mol. The average molecular weight is 284 g/mol.